The summed E-state index contributed by atoms with van der Waals surface area (Å²) >= 11 is 3.56. The Bertz CT molecular complexity index is 739. The van der Waals surface area contributed by atoms with Gasteiger partial charge in [0, 0.05) is 35.2 Å². The summed E-state index contributed by atoms with van der Waals surface area (Å²) in [7, 11) is 0. The fraction of sp³-hybridized carbons (Fsp3) is 0.200. The quantitative estimate of drug-likeness (QED) is 0.793. The number of fused-ring (bicyclic) bond motifs is 1. The highest BCUT2D eigenvalue weighted by atomic mass is 79.9. The second kappa shape index (κ2) is 5.73. The van der Waals surface area contributed by atoms with Crippen molar-refractivity contribution >= 4 is 26.8 Å². The molecule has 0 radical (unpaired) electrons. The lowest BCUT2D eigenvalue weighted by Crippen LogP contribution is -2.13. The lowest BCUT2D eigenvalue weighted by atomic mass is 10.1. The van der Waals surface area contributed by atoms with Gasteiger partial charge >= 0.3 is 0 Å². The molecule has 20 heavy (non-hydrogen) atoms. The predicted octanol–water partition coefficient (Wildman–Crippen LogP) is 3.58. The molecule has 0 saturated carbocycles. The van der Waals surface area contributed by atoms with Crippen molar-refractivity contribution < 1.29 is 4.52 Å². The van der Waals surface area contributed by atoms with Crippen molar-refractivity contribution in [3.8, 4) is 0 Å². The van der Waals surface area contributed by atoms with Crippen molar-refractivity contribution in [2.24, 2.45) is 0 Å². The van der Waals surface area contributed by atoms with Gasteiger partial charge in [0.1, 0.15) is 5.76 Å². The molecule has 3 rings (SSSR count). The van der Waals surface area contributed by atoms with Gasteiger partial charge in [-0.1, -0.05) is 33.2 Å². The van der Waals surface area contributed by atoms with Gasteiger partial charge in [-0.3, -0.25) is 4.98 Å². The summed E-state index contributed by atoms with van der Waals surface area (Å²) in [5.41, 5.74) is 3.10. The van der Waals surface area contributed by atoms with Gasteiger partial charge in [0.2, 0.25) is 0 Å². The van der Waals surface area contributed by atoms with Gasteiger partial charge in [-0.05, 0) is 24.6 Å². The second-order valence-corrected chi connectivity index (χ2v) is 5.49. The smallest absolute Gasteiger partial charge is 0.133 e. The van der Waals surface area contributed by atoms with Crippen molar-refractivity contribution in [1.29, 1.82) is 0 Å². The van der Waals surface area contributed by atoms with E-state index in [1.54, 1.807) is 0 Å². The van der Waals surface area contributed by atoms with Crippen LogP contribution in [0.4, 0.5) is 0 Å². The van der Waals surface area contributed by atoms with Gasteiger partial charge in [0.25, 0.3) is 0 Å². The molecule has 0 amide bonds. The highest BCUT2D eigenvalue weighted by molar-refractivity contribution is 9.10. The molecule has 0 atom stereocenters. The first-order valence-corrected chi connectivity index (χ1v) is 7.18. The monoisotopic (exact) mass is 331 g/mol. The number of aryl methyl sites for hydroxylation is 1. The number of benzene rings is 1. The Labute approximate surface area is 125 Å². The summed E-state index contributed by atoms with van der Waals surface area (Å²) in [6.07, 6.45) is 1.82. The van der Waals surface area contributed by atoms with Crippen LogP contribution in [0.2, 0.25) is 0 Å². The van der Waals surface area contributed by atoms with Gasteiger partial charge in [0.05, 0.1) is 11.2 Å². The van der Waals surface area contributed by atoms with E-state index >= 15 is 0 Å². The molecule has 0 aliphatic carbocycles. The predicted molar refractivity (Wildman–Crippen MR) is 81.2 cm³/mol. The molecule has 0 saturated heterocycles. The van der Waals surface area contributed by atoms with E-state index in [4.69, 9.17) is 4.52 Å². The molecule has 0 aliphatic heterocycles. The molecule has 5 heteroatoms. The fourth-order valence-electron chi connectivity index (χ4n) is 2.17. The highest BCUT2D eigenvalue weighted by Crippen LogP contribution is 2.25. The molecule has 0 spiro atoms. The van der Waals surface area contributed by atoms with Crippen LogP contribution in [0.3, 0.4) is 0 Å². The molecular formula is C15H14BrN3O. The van der Waals surface area contributed by atoms with Gasteiger partial charge in [0.15, 0.2) is 0 Å². The number of nitrogens with zero attached hydrogens (tertiary/aromatic N) is 2. The van der Waals surface area contributed by atoms with Crippen molar-refractivity contribution in [3.05, 3.63) is 58.0 Å². The van der Waals surface area contributed by atoms with Crippen LogP contribution in [0, 0.1) is 6.92 Å². The molecule has 0 bridgehead atoms. The average Bonchev–Trinajstić information content (AvgIpc) is 2.87. The summed E-state index contributed by atoms with van der Waals surface area (Å²) in [6.45, 7) is 3.32. The van der Waals surface area contributed by atoms with E-state index in [0.29, 0.717) is 6.54 Å². The average molecular weight is 332 g/mol. The minimum atomic E-state index is 0.682. The van der Waals surface area contributed by atoms with Gasteiger partial charge in [-0.15, -0.1) is 0 Å². The topological polar surface area (TPSA) is 51.0 Å². The number of aromatic nitrogens is 2. The zero-order valence-corrected chi connectivity index (χ0v) is 12.6. The summed E-state index contributed by atoms with van der Waals surface area (Å²) < 4.78 is 6.11. The lowest BCUT2D eigenvalue weighted by Gasteiger charge is -2.07. The zero-order valence-electron chi connectivity index (χ0n) is 11.1. The lowest BCUT2D eigenvalue weighted by molar-refractivity contribution is 0.388. The molecule has 2 heterocycles. The summed E-state index contributed by atoms with van der Waals surface area (Å²) in [5, 5.41) is 8.46. The minimum Gasteiger partial charge on any atom is -0.361 e. The van der Waals surface area contributed by atoms with E-state index < -0.39 is 0 Å². The van der Waals surface area contributed by atoms with E-state index in [-0.39, 0.29) is 0 Å². The third-order valence-electron chi connectivity index (χ3n) is 3.10. The van der Waals surface area contributed by atoms with E-state index in [1.165, 1.54) is 5.56 Å². The van der Waals surface area contributed by atoms with Crippen molar-refractivity contribution in [1.82, 2.24) is 15.5 Å². The molecule has 1 aromatic carbocycles. The Morgan fingerprint density at radius 1 is 1.25 bits per heavy atom. The maximum Gasteiger partial charge on any atom is 0.133 e. The van der Waals surface area contributed by atoms with E-state index in [0.717, 1.165) is 33.4 Å². The third kappa shape index (κ3) is 2.73. The number of halogens is 1. The fourth-order valence-corrected chi connectivity index (χ4v) is 2.62. The Hall–Kier alpha value is -1.72. The molecule has 1 N–H and O–H groups in total. The van der Waals surface area contributed by atoms with Gasteiger partial charge in [-0.25, -0.2) is 0 Å². The van der Waals surface area contributed by atoms with Crippen molar-refractivity contribution in [2.75, 3.05) is 0 Å². The minimum absolute atomic E-state index is 0.682. The first-order chi connectivity index (χ1) is 9.74. The number of nitrogens with one attached hydrogen (secondary N) is 1. The zero-order chi connectivity index (χ0) is 13.9. The summed E-state index contributed by atoms with van der Waals surface area (Å²) in [5.74, 6) is 0.831. The summed E-state index contributed by atoms with van der Waals surface area (Å²) in [6, 6.07) is 10.1. The maximum atomic E-state index is 5.04. The third-order valence-corrected chi connectivity index (χ3v) is 3.79. The van der Waals surface area contributed by atoms with Crippen LogP contribution >= 0.6 is 15.9 Å². The molecule has 4 nitrogen and oxygen atoms in total. The number of pyridine rings is 1. The van der Waals surface area contributed by atoms with Gasteiger partial charge in [-0.2, -0.15) is 0 Å². The molecule has 2 aromatic heterocycles. The Morgan fingerprint density at radius 3 is 2.95 bits per heavy atom. The van der Waals surface area contributed by atoms with Crippen LogP contribution in [-0.2, 0) is 13.1 Å². The van der Waals surface area contributed by atoms with Crippen LogP contribution in [0.5, 0.6) is 0 Å². The normalized spacial score (nSPS) is 11.1. The van der Waals surface area contributed by atoms with Crippen LogP contribution in [0.1, 0.15) is 17.0 Å². The van der Waals surface area contributed by atoms with Gasteiger partial charge < -0.3 is 9.84 Å². The molecule has 0 aliphatic rings. The Balaban J connectivity index is 1.76. The van der Waals surface area contributed by atoms with Crippen LogP contribution in [0.15, 0.2) is 45.5 Å². The highest BCUT2D eigenvalue weighted by Gasteiger charge is 2.06. The van der Waals surface area contributed by atoms with E-state index in [1.807, 2.05) is 25.3 Å². The van der Waals surface area contributed by atoms with Crippen molar-refractivity contribution in [3.63, 3.8) is 0 Å². The number of hydrogen-bond donors (Lipinski definition) is 1. The first-order valence-electron chi connectivity index (χ1n) is 6.39. The second-order valence-electron chi connectivity index (χ2n) is 4.64. The van der Waals surface area contributed by atoms with Crippen LogP contribution < -0.4 is 5.32 Å². The largest absolute Gasteiger partial charge is 0.361 e. The molecule has 3 aromatic rings. The standard InChI is InChI=1S/C15H14BrN3O/c1-10-7-12(19-20-10)9-17-8-11-4-5-14(16)13-3-2-6-18-15(11)13/h2-7,17H,8-9H2,1H3. The first kappa shape index (κ1) is 13.3. The molecule has 102 valence electrons. The molecular weight excluding hydrogens is 318 g/mol. The Kier molecular flexibility index (Phi) is 3.80. The van der Waals surface area contributed by atoms with Crippen LogP contribution in [-0.4, -0.2) is 10.1 Å². The number of hydrogen-bond acceptors (Lipinski definition) is 4. The molecule has 0 fully saturated rings. The number of rotatable bonds is 4. The SMILES string of the molecule is Cc1cc(CNCc2ccc(Br)c3cccnc23)no1. The molecule has 0 unspecified atom stereocenters. The maximum absolute atomic E-state index is 5.04. The Morgan fingerprint density at radius 2 is 2.15 bits per heavy atom. The van der Waals surface area contributed by atoms with Crippen LogP contribution in [0.25, 0.3) is 10.9 Å². The summed E-state index contributed by atoms with van der Waals surface area (Å²) in [4.78, 5) is 4.47. The van der Waals surface area contributed by atoms with E-state index in [2.05, 4.69) is 49.6 Å². The van der Waals surface area contributed by atoms with Crippen molar-refractivity contribution in [2.45, 2.75) is 20.0 Å². The van der Waals surface area contributed by atoms with E-state index in [9.17, 15) is 0 Å².